The van der Waals surface area contributed by atoms with E-state index in [1.165, 1.54) is 0 Å². The molecule has 2 N–H and O–H groups in total. The molecule has 0 unspecified atom stereocenters. The van der Waals surface area contributed by atoms with Crippen molar-refractivity contribution in [2.75, 3.05) is 18.0 Å². The summed E-state index contributed by atoms with van der Waals surface area (Å²) in [7, 11) is 0. The van der Waals surface area contributed by atoms with Gasteiger partial charge in [-0.1, -0.05) is 12.1 Å². The zero-order valence-corrected chi connectivity index (χ0v) is 14.2. The molecular weight excluding hydrogens is 331 g/mol. The summed E-state index contributed by atoms with van der Waals surface area (Å²) in [5.41, 5.74) is 9.17. The Hall–Kier alpha value is -2.98. The molecule has 26 heavy (non-hydrogen) atoms. The molecule has 1 aromatic carbocycles. The van der Waals surface area contributed by atoms with Crippen LogP contribution in [0.1, 0.15) is 17.7 Å². The van der Waals surface area contributed by atoms with Crippen LogP contribution in [0.3, 0.4) is 0 Å². The summed E-state index contributed by atoms with van der Waals surface area (Å²) in [4.78, 5) is 11.2. The van der Waals surface area contributed by atoms with E-state index in [2.05, 4.69) is 15.6 Å². The maximum atomic E-state index is 13.8. The summed E-state index contributed by atoms with van der Waals surface area (Å²) in [6.07, 6.45) is 1.00. The molecule has 0 saturated carbocycles. The maximum Gasteiger partial charge on any atom is 0.206 e. The predicted molar refractivity (Wildman–Crippen MR) is 97.5 cm³/mol. The van der Waals surface area contributed by atoms with Crippen LogP contribution in [0.4, 0.5) is 10.3 Å². The largest absolute Gasteiger partial charge is 0.340 e. The Morgan fingerprint density at radius 2 is 2.12 bits per heavy atom. The summed E-state index contributed by atoms with van der Waals surface area (Å²) in [6, 6.07) is 13.1. The number of benzene rings is 1. The van der Waals surface area contributed by atoms with Crippen LogP contribution in [0.5, 0.6) is 0 Å². The van der Waals surface area contributed by atoms with E-state index < -0.39 is 12.2 Å². The molecule has 6 nitrogen and oxygen atoms in total. The molecule has 132 valence electrons. The fourth-order valence-corrected chi connectivity index (χ4v) is 3.34. The highest BCUT2D eigenvalue weighted by Gasteiger charge is 2.29. The quantitative estimate of drug-likeness (QED) is 0.783. The third-order valence-electron chi connectivity index (χ3n) is 4.76. The van der Waals surface area contributed by atoms with Gasteiger partial charge in [-0.05, 0) is 30.7 Å². The van der Waals surface area contributed by atoms with Crippen LogP contribution in [0.15, 0.2) is 42.6 Å². The SMILES string of the molecule is N#Cc1ccc(Cn2c(N3CC[C@@H](F)[C@H](N)C3)nc3ccccc32)nc1. The molecule has 0 spiro atoms. The molecule has 0 amide bonds. The number of halogens is 1. The number of aromatic nitrogens is 3. The van der Waals surface area contributed by atoms with Gasteiger partial charge in [0.05, 0.1) is 34.9 Å². The van der Waals surface area contributed by atoms with Crippen LogP contribution in [0.2, 0.25) is 0 Å². The lowest BCUT2D eigenvalue weighted by molar-refractivity contribution is 0.243. The van der Waals surface area contributed by atoms with Crippen LogP contribution < -0.4 is 10.6 Å². The number of hydrogen-bond acceptors (Lipinski definition) is 5. The van der Waals surface area contributed by atoms with Crippen molar-refractivity contribution in [3.05, 3.63) is 53.9 Å². The number of fused-ring (bicyclic) bond motifs is 1. The number of pyridine rings is 1. The molecule has 3 heterocycles. The van der Waals surface area contributed by atoms with Crippen molar-refractivity contribution in [1.29, 1.82) is 5.26 Å². The lowest BCUT2D eigenvalue weighted by atomic mass is 10.1. The van der Waals surface area contributed by atoms with Crippen LogP contribution >= 0.6 is 0 Å². The molecule has 0 aliphatic carbocycles. The van der Waals surface area contributed by atoms with Crippen LogP contribution in [0, 0.1) is 11.3 Å². The molecule has 1 fully saturated rings. The Morgan fingerprint density at radius 3 is 2.85 bits per heavy atom. The predicted octanol–water partition coefficient (Wildman–Crippen LogP) is 2.23. The highest BCUT2D eigenvalue weighted by atomic mass is 19.1. The zero-order chi connectivity index (χ0) is 18.1. The smallest absolute Gasteiger partial charge is 0.206 e. The molecule has 1 saturated heterocycles. The van der Waals surface area contributed by atoms with Crippen molar-refractivity contribution in [2.45, 2.75) is 25.2 Å². The van der Waals surface area contributed by atoms with Gasteiger partial charge >= 0.3 is 0 Å². The van der Waals surface area contributed by atoms with E-state index >= 15 is 0 Å². The van der Waals surface area contributed by atoms with Gasteiger partial charge in [0.1, 0.15) is 12.2 Å². The number of imidazole rings is 1. The molecule has 0 bridgehead atoms. The Kier molecular flexibility index (Phi) is 4.27. The Bertz CT molecular complexity index is 958. The molecule has 2 aromatic heterocycles. The minimum atomic E-state index is -0.968. The Labute approximate surface area is 150 Å². The first-order valence-corrected chi connectivity index (χ1v) is 8.60. The maximum absolute atomic E-state index is 13.8. The average molecular weight is 350 g/mol. The minimum Gasteiger partial charge on any atom is -0.340 e. The zero-order valence-electron chi connectivity index (χ0n) is 14.2. The van der Waals surface area contributed by atoms with Crippen LogP contribution in [-0.2, 0) is 6.54 Å². The molecule has 3 aromatic rings. The van der Waals surface area contributed by atoms with E-state index in [4.69, 9.17) is 16.0 Å². The second-order valence-corrected chi connectivity index (χ2v) is 6.55. The van der Waals surface area contributed by atoms with E-state index in [1.54, 1.807) is 12.3 Å². The van der Waals surface area contributed by atoms with Crippen LogP contribution in [-0.4, -0.2) is 39.8 Å². The van der Waals surface area contributed by atoms with E-state index in [0.29, 0.717) is 31.6 Å². The fourth-order valence-electron chi connectivity index (χ4n) is 3.34. The standard InChI is InChI=1S/C19H19FN6/c20-15-7-8-25(12-16(15)22)19-24-17-3-1-2-4-18(17)26(19)11-14-6-5-13(9-21)10-23-14/h1-6,10,15-16H,7-8,11-12,22H2/t15-,16-/m1/s1. The number of para-hydroxylation sites is 2. The number of anilines is 1. The van der Waals surface area contributed by atoms with Crippen molar-refractivity contribution < 1.29 is 4.39 Å². The molecular formula is C19H19FN6. The molecule has 2 atom stereocenters. The summed E-state index contributed by atoms with van der Waals surface area (Å²) in [5.74, 6) is 0.778. The van der Waals surface area contributed by atoms with Gasteiger partial charge in [-0.15, -0.1) is 0 Å². The van der Waals surface area contributed by atoms with E-state index in [1.807, 2.05) is 35.2 Å². The summed E-state index contributed by atoms with van der Waals surface area (Å²) in [5, 5.41) is 8.93. The number of nitrogens with zero attached hydrogens (tertiary/aromatic N) is 5. The molecule has 4 rings (SSSR count). The normalized spacial score (nSPS) is 20.3. The number of piperidine rings is 1. The monoisotopic (exact) mass is 350 g/mol. The highest BCUT2D eigenvalue weighted by Crippen LogP contribution is 2.26. The number of rotatable bonds is 3. The lowest BCUT2D eigenvalue weighted by Gasteiger charge is -2.34. The van der Waals surface area contributed by atoms with Crippen molar-refractivity contribution in [2.24, 2.45) is 5.73 Å². The first-order valence-electron chi connectivity index (χ1n) is 8.60. The first-order chi connectivity index (χ1) is 12.7. The second-order valence-electron chi connectivity index (χ2n) is 6.55. The number of hydrogen-bond donors (Lipinski definition) is 1. The molecule has 1 aliphatic heterocycles. The third kappa shape index (κ3) is 3.00. The number of nitrogens with two attached hydrogens (primary N) is 1. The van der Waals surface area contributed by atoms with Crippen LogP contribution in [0.25, 0.3) is 11.0 Å². The van der Waals surface area contributed by atoms with Gasteiger partial charge in [0.15, 0.2) is 0 Å². The fraction of sp³-hybridized carbons (Fsp3) is 0.316. The van der Waals surface area contributed by atoms with Gasteiger partial charge in [-0.25, -0.2) is 9.37 Å². The average Bonchev–Trinajstić information content (AvgIpc) is 3.03. The number of nitriles is 1. The van der Waals surface area contributed by atoms with Crippen molar-refractivity contribution >= 4 is 17.0 Å². The van der Waals surface area contributed by atoms with Crippen molar-refractivity contribution in [3.8, 4) is 6.07 Å². The highest BCUT2D eigenvalue weighted by molar-refractivity contribution is 5.79. The third-order valence-corrected chi connectivity index (χ3v) is 4.76. The van der Waals surface area contributed by atoms with E-state index in [9.17, 15) is 4.39 Å². The Morgan fingerprint density at radius 1 is 1.27 bits per heavy atom. The van der Waals surface area contributed by atoms with Gasteiger partial charge in [-0.2, -0.15) is 5.26 Å². The topological polar surface area (TPSA) is 83.8 Å². The molecule has 0 radical (unpaired) electrons. The van der Waals surface area contributed by atoms with Gasteiger partial charge in [0, 0.05) is 19.3 Å². The number of alkyl halides is 1. The van der Waals surface area contributed by atoms with Gasteiger partial charge in [0.2, 0.25) is 5.95 Å². The summed E-state index contributed by atoms with van der Waals surface area (Å²) in [6.45, 7) is 1.54. The molecule has 7 heteroatoms. The minimum absolute atomic E-state index is 0.402. The second kappa shape index (κ2) is 6.73. The van der Waals surface area contributed by atoms with Crippen molar-refractivity contribution in [3.63, 3.8) is 0 Å². The summed E-state index contributed by atoms with van der Waals surface area (Å²) >= 11 is 0. The summed E-state index contributed by atoms with van der Waals surface area (Å²) < 4.78 is 15.9. The lowest BCUT2D eigenvalue weighted by Crippen LogP contribution is -2.50. The van der Waals surface area contributed by atoms with Gasteiger partial charge < -0.3 is 15.2 Å². The molecule has 1 aliphatic rings. The van der Waals surface area contributed by atoms with Gasteiger partial charge in [-0.3, -0.25) is 4.98 Å². The van der Waals surface area contributed by atoms with Gasteiger partial charge in [0.25, 0.3) is 0 Å². The van der Waals surface area contributed by atoms with E-state index in [-0.39, 0.29) is 0 Å². The Balaban J connectivity index is 1.73. The van der Waals surface area contributed by atoms with Crippen molar-refractivity contribution in [1.82, 2.24) is 14.5 Å². The first kappa shape index (κ1) is 16.5. The van der Waals surface area contributed by atoms with E-state index in [0.717, 1.165) is 22.7 Å².